The minimum Gasteiger partial charge on any atom is -0.540 e. The van der Waals surface area contributed by atoms with E-state index >= 15 is 0 Å². The molecule has 0 spiro atoms. The van der Waals surface area contributed by atoms with Gasteiger partial charge in [-0.3, -0.25) is 0 Å². The Bertz CT molecular complexity index is 1980. The van der Waals surface area contributed by atoms with Crippen LogP contribution in [0, 0.1) is 11.8 Å². The molecule has 0 heterocycles. The van der Waals surface area contributed by atoms with Gasteiger partial charge in [0.2, 0.25) is 0 Å². The maximum atomic E-state index is 12.0. The molecule has 0 N–H and O–H groups in total. The summed E-state index contributed by atoms with van der Waals surface area (Å²) >= 11 is 0. The predicted octanol–water partition coefficient (Wildman–Crippen LogP) is 14.4. The van der Waals surface area contributed by atoms with Gasteiger partial charge in [-0.2, -0.15) is 0 Å². The molecule has 3 atom stereocenters. The van der Waals surface area contributed by atoms with Gasteiger partial charge in [-0.1, -0.05) is 109 Å². The smallest absolute Gasteiger partial charge is 0.508 e. The Hall–Kier alpha value is -4.70. The molecule has 0 aliphatic heterocycles. The standard InChI is InChI=1S/C54H86O12Si2/c1-32(2)67(33(3)4,34(5)6)65-50-30-44(57-16)41(27-47(50)60-19)53(42-28-48(61-20)51(31-45(42)58-17)66-68(35(7)8,36(9)10)37(11)12)39(14)52(38(13)24-23-25-64-54(55)63-22)40-26-46(59-18)49(62-21)29-43(40)56-15/h23-24,26-39,52-53H,25H2,1-22H3/b24-23+/t38-,39+,52-/m0/s1. The highest BCUT2D eigenvalue weighted by atomic mass is 28.4. The third-order valence-electron chi connectivity index (χ3n) is 14.3. The van der Waals surface area contributed by atoms with Crippen molar-refractivity contribution < 1.29 is 56.3 Å². The topological polar surface area (TPSA) is 119 Å². The third kappa shape index (κ3) is 12.0. The van der Waals surface area contributed by atoms with Crippen molar-refractivity contribution in [2.45, 2.75) is 142 Å². The fraction of sp³-hybridized carbons (Fsp3) is 0.611. The highest BCUT2D eigenvalue weighted by Crippen LogP contribution is 2.56. The molecule has 0 aliphatic carbocycles. The zero-order valence-corrected chi connectivity index (χ0v) is 47.5. The van der Waals surface area contributed by atoms with Crippen LogP contribution in [0.4, 0.5) is 4.79 Å². The van der Waals surface area contributed by atoms with Gasteiger partial charge >= 0.3 is 6.16 Å². The van der Waals surface area contributed by atoms with Crippen LogP contribution < -0.4 is 42.0 Å². The molecule has 0 aromatic heterocycles. The monoisotopic (exact) mass is 983 g/mol. The van der Waals surface area contributed by atoms with E-state index in [9.17, 15) is 4.79 Å². The van der Waals surface area contributed by atoms with Crippen molar-refractivity contribution in [3.05, 3.63) is 65.2 Å². The van der Waals surface area contributed by atoms with Crippen molar-refractivity contribution in [2.75, 3.05) is 63.5 Å². The highest BCUT2D eigenvalue weighted by Gasteiger charge is 2.49. The summed E-state index contributed by atoms with van der Waals surface area (Å²) in [6.07, 6.45) is 3.11. The molecule has 68 heavy (non-hydrogen) atoms. The van der Waals surface area contributed by atoms with E-state index in [1.54, 1.807) is 49.8 Å². The SMILES string of the molecule is COC(=O)OC/C=C/[C@H](C)[C@H](c1cc(OC)c(OC)cc1OC)[C@@H](C)C(c1cc(OC)c(O[Si](C(C)C)(C(C)C)C(C)C)cc1OC)c1cc(OC)c(O[Si](C(C)C)(C(C)C)C(C)C)cc1OC. The van der Waals surface area contributed by atoms with Crippen LogP contribution in [-0.4, -0.2) is 86.3 Å². The molecule has 3 aromatic rings. The summed E-state index contributed by atoms with van der Waals surface area (Å²) in [4.78, 5) is 12.0. The summed E-state index contributed by atoms with van der Waals surface area (Å²) in [6.45, 7) is 31.6. The Morgan fingerprint density at radius 2 is 0.750 bits per heavy atom. The van der Waals surface area contributed by atoms with Crippen LogP contribution in [0.25, 0.3) is 0 Å². The first-order valence-corrected chi connectivity index (χ1v) is 28.4. The van der Waals surface area contributed by atoms with E-state index < -0.39 is 28.7 Å². The molecule has 382 valence electrons. The molecule has 0 radical (unpaired) electrons. The lowest BCUT2D eigenvalue weighted by Crippen LogP contribution is -2.50. The average Bonchev–Trinajstić information content (AvgIpc) is 3.30. The summed E-state index contributed by atoms with van der Waals surface area (Å²) in [5.41, 5.74) is 4.45. The van der Waals surface area contributed by atoms with Crippen molar-refractivity contribution in [2.24, 2.45) is 11.8 Å². The maximum absolute atomic E-state index is 12.0. The largest absolute Gasteiger partial charge is 0.540 e. The number of benzene rings is 3. The van der Waals surface area contributed by atoms with Crippen LogP contribution in [-0.2, 0) is 9.47 Å². The molecule has 3 aromatic carbocycles. The molecule has 3 rings (SSSR count). The van der Waals surface area contributed by atoms with Crippen LogP contribution in [0.1, 0.15) is 125 Å². The molecule has 0 fully saturated rings. The molecule has 0 saturated heterocycles. The van der Waals surface area contributed by atoms with Crippen molar-refractivity contribution in [3.8, 4) is 51.7 Å². The van der Waals surface area contributed by atoms with E-state index in [1.807, 2.05) is 36.4 Å². The summed E-state index contributed by atoms with van der Waals surface area (Å²) in [7, 11) is 8.01. The van der Waals surface area contributed by atoms with E-state index in [0.29, 0.717) is 85.0 Å². The molecule has 0 aliphatic rings. The molecule has 0 bridgehead atoms. The highest BCUT2D eigenvalue weighted by molar-refractivity contribution is 6.78. The number of hydrogen-bond acceptors (Lipinski definition) is 12. The van der Waals surface area contributed by atoms with Gasteiger partial charge < -0.3 is 51.5 Å². The second-order valence-corrected chi connectivity index (χ2v) is 30.4. The van der Waals surface area contributed by atoms with Crippen molar-refractivity contribution >= 4 is 22.8 Å². The fourth-order valence-electron chi connectivity index (χ4n) is 11.4. The number of ether oxygens (including phenoxy) is 9. The number of methoxy groups -OCH3 is 8. The number of allylic oxidation sites excluding steroid dienone is 1. The lowest BCUT2D eigenvalue weighted by molar-refractivity contribution is 0.0816. The van der Waals surface area contributed by atoms with Crippen LogP contribution in [0.5, 0.6) is 51.7 Å². The molecule has 14 heteroatoms. The molecule has 0 unspecified atom stereocenters. The number of carbonyl (C=O) groups is 1. The third-order valence-corrected chi connectivity index (χ3v) is 26.3. The summed E-state index contributed by atoms with van der Waals surface area (Å²) in [5.74, 6) is 4.15. The molecular weight excluding hydrogens is 897 g/mol. The first-order chi connectivity index (χ1) is 32.1. The molecule has 12 nitrogen and oxygen atoms in total. The van der Waals surface area contributed by atoms with E-state index in [2.05, 4.69) is 109 Å². The Balaban J connectivity index is 2.65. The zero-order chi connectivity index (χ0) is 51.4. The minimum atomic E-state index is -2.46. The summed E-state index contributed by atoms with van der Waals surface area (Å²) in [6, 6.07) is 12.0. The predicted molar refractivity (Wildman–Crippen MR) is 279 cm³/mol. The van der Waals surface area contributed by atoms with Gasteiger partial charge in [-0.15, -0.1) is 0 Å². The Labute approximate surface area is 411 Å². The lowest BCUT2D eigenvalue weighted by Gasteiger charge is -2.43. The number of carbonyl (C=O) groups excluding carboxylic acids is 1. The van der Waals surface area contributed by atoms with Crippen molar-refractivity contribution in [1.82, 2.24) is 0 Å². The maximum Gasteiger partial charge on any atom is 0.508 e. The molecule has 0 amide bonds. The van der Waals surface area contributed by atoms with Gasteiger partial charge in [0.05, 0.1) is 56.9 Å². The van der Waals surface area contributed by atoms with Gasteiger partial charge in [-0.25, -0.2) is 4.79 Å². The van der Waals surface area contributed by atoms with Gasteiger partial charge in [0, 0.05) is 40.8 Å². The van der Waals surface area contributed by atoms with Crippen LogP contribution in [0.3, 0.4) is 0 Å². The number of rotatable bonds is 26. The minimum absolute atomic E-state index is 0.0193. The second kappa shape index (κ2) is 25.2. The van der Waals surface area contributed by atoms with E-state index in [4.69, 9.17) is 51.5 Å². The first kappa shape index (κ1) is 57.6. The van der Waals surface area contributed by atoms with Crippen molar-refractivity contribution in [3.63, 3.8) is 0 Å². The number of hydrogen-bond donors (Lipinski definition) is 0. The van der Waals surface area contributed by atoms with Gasteiger partial charge in [0.15, 0.2) is 23.0 Å². The van der Waals surface area contributed by atoms with Crippen LogP contribution in [0.2, 0.25) is 33.2 Å². The normalized spacial score (nSPS) is 13.7. The van der Waals surface area contributed by atoms with Gasteiger partial charge in [0.25, 0.3) is 16.6 Å². The quantitative estimate of drug-likeness (QED) is 0.0433. The van der Waals surface area contributed by atoms with Gasteiger partial charge in [0.1, 0.15) is 35.4 Å². The fourth-order valence-corrected chi connectivity index (χ4v) is 21.9. The second-order valence-electron chi connectivity index (χ2n) is 19.7. The van der Waals surface area contributed by atoms with Crippen LogP contribution >= 0.6 is 0 Å². The van der Waals surface area contributed by atoms with Gasteiger partial charge in [-0.05, 0) is 69.2 Å². The average molecular weight is 983 g/mol. The van der Waals surface area contributed by atoms with Crippen molar-refractivity contribution in [1.29, 1.82) is 0 Å². The Morgan fingerprint density at radius 3 is 1.09 bits per heavy atom. The Morgan fingerprint density at radius 1 is 0.441 bits per heavy atom. The first-order valence-electron chi connectivity index (χ1n) is 24.1. The molecule has 0 saturated carbocycles. The molecular formula is C54H86O12Si2. The van der Waals surface area contributed by atoms with E-state index in [0.717, 1.165) is 16.7 Å². The summed E-state index contributed by atoms with van der Waals surface area (Å²) < 4.78 is 68.1. The zero-order valence-electron chi connectivity index (χ0n) is 45.5. The lowest BCUT2D eigenvalue weighted by atomic mass is 9.68. The van der Waals surface area contributed by atoms with E-state index in [-0.39, 0.29) is 24.4 Å². The van der Waals surface area contributed by atoms with E-state index in [1.165, 1.54) is 7.11 Å². The van der Waals surface area contributed by atoms with Crippen LogP contribution in [0.15, 0.2) is 48.6 Å². The summed E-state index contributed by atoms with van der Waals surface area (Å²) in [5, 5.41) is 0. The Kier molecular flexibility index (Phi) is 21.4.